The lowest BCUT2D eigenvalue weighted by Gasteiger charge is -2.36. The lowest BCUT2D eigenvalue weighted by atomic mass is 9.98. The first-order chi connectivity index (χ1) is 20.0. The standard InChI is InChI=1S/C32H43N5O5/c1-21(36(5)31(41)42-32(2,3)4)28(38)34-25-20-33-19-18-24-16-17-26(37(24)30(25)40)29(39)35-27(22-12-8-6-9-13-22)23-14-10-7-11-15-23/h6-15,21,24-27,33H,16-20H2,1-5H3,(H,34,38)(H,35,39)/t21-,24+,25-,26-/m0/s1. The molecule has 4 rings (SSSR count). The maximum Gasteiger partial charge on any atom is 0.410 e. The Kier molecular flexibility index (Phi) is 9.88. The van der Waals surface area contributed by atoms with Crippen LogP contribution >= 0.6 is 0 Å². The van der Waals surface area contributed by atoms with Gasteiger partial charge in [0.2, 0.25) is 17.7 Å². The van der Waals surface area contributed by atoms with Crippen LogP contribution in [-0.4, -0.2) is 83.5 Å². The number of fused-ring (bicyclic) bond motifs is 1. The van der Waals surface area contributed by atoms with Gasteiger partial charge in [-0.05, 0) is 64.6 Å². The van der Waals surface area contributed by atoms with Gasteiger partial charge in [-0.1, -0.05) is 60.7 Å². The van der Waals surface area contributed by atoms with E-state index in [9.17, 15) is 19.2 Å². The summed E-state index contributed by atoms with van der Waals surface area (Å²) in [6.45, 7) is 7.72. The number of hydrogen-bond acceptors (Lipinski definition) is 6. The maximum absolute atomic E-state index is 14.0. The van der Waals surface area contributed by atoms with Crippen LogP contribution in [-0.2, 0) is 19.1 Å². The molecule has 2 saturated heterocycles. The Morgan fingerprint density at radius 2 is 1.57 bits per heavy atom. The SMILES string of the molecule is C[C@@H](C(=O)N[C@H]1CNCC[C@H]2CC[C@@H](C(=O)NC(c3ccccc3)c3ccccc3)N2C1=O)N(C)C(=O)OC(C)(C)C. The van der Waals surface area contributed by atoms with Gasteiger partial charge in [-0.25, -0.2) is 4.79 Å². The number of likely N-dealkylation sites (N-methyl/N-ethyl adjacent to an activating group) is 1. The summed E-state index contributed by atoms with van der Waals surface area (Å²) in [5.41, 5.74) is 1.19. The Balaban J connectivity index is 1.50. The molecule has 2 aromatic rings. The summed E-state index contributed by atoms with van der Waals surface area (Å²) in [5, 5.41) is 9.29. The minimum Gasteiger partial charge on any atom is -0.444 e. The van der Waals surface area contributed by atoms with E-state index in [0.29, 0.717) is 19.4 Å². The van der Waals surface area contributed by atoms with Gasteiger partial charge in [-0.15, -0.1) is 0 Å². The summed E-state index contributed by atoms with van der Waals surface area (Å²) in [7, 11) is 1.49. The summed E-state index contributed by atoms with van der Waals surface area (Å²) in [6.07, 6.45) is 1.33. The molecule has 2 heterocycles. The van der Waals surface area contributed by atoms with E-state index in [1.54, 1.807) is 32.6 Å². The van der Waals surface area contributed by atoms with Crippen LogP contribution in [0.4, 0.5) is 4.79 Å². The Bertz CT molecular complexity index is 1210. The molecule has 3 N–H and O–H groups in total. The van der Waals surface area contributed by atoms with Gasteiger partial charge in [0.15, 0.2) is 0 Å². The molecule has 10 heteroatoms. The molecule has 2 aliphatic rings. The average Bonchev–Trinajstić information content (AvgIpc) is 3.38. The molecule has 0 saturated carbocycles. The van der Waals surface area contributed by atoms with Crippen LogP contribution in [0, 0.1) is 0 Å². The monoisotopic (exact) mass is 577 g/mol. The Morgan fingerprint density at radius 3 is 2.14 bits per heavy atom. The zero-order valence-corrected chi connectivity index (χ0v) is 25.1. The van der Waals surface area contributed by atoms with Crippen LogP contribution in [0.25, 0.3) is 0 Å². The lowest BCUT2D eigenvalue weighted by molar-refractivity contribution is -0.144. The molecule has 2 aliphatic heterocycles. The topological polar surface area (TPSA) is 120 Å². The van der Waals surface area contributed by atoms with Gasteiger partial charge in [-0.2, -0.15) is 0 Å². The van der Waals surface area contributed by atoms with Crippen molar-refractivity contribution in [1.29, 1.82) is 0 Å². The molecule has 0 bridgehead atoms. The van der Waals surface area contributed by atoms with Crippen molar-refractivity contribution in [1.82, 2.24) is 25.8 Å². The Labute approximate surface area is 248 Å². The van der Waals surface area contributed by atoms with Crippen molar-refractivity contribution in [3.05, 3.63) is 71.8 Å². The number of ether oxygens (including phenoxy) is 1. The van der Waals surface area contributed by atoms with Crippen LogP contribution in [0.2, 0.25) is 0 Å². The molecular formula is C32H43N5O5. The van der Waals surface area contributed by atoms with Gasteiger partial charge in [0, 0.05) is 19.6 Å². The molecule has 0 aliphatic carbocycles. The number of carbonyl (C=O) groups is 4. The van der Waals surface area contributed by atoms with E-state index in [0.717, 1.165) is 17.5 Å². The van der Waals surface area contributed by atoms with Crippen molar-refractivity contribution in [3.8, 4) is 0 Å². The first-order valence-electron chi connectivity index (χ1n) is 14.7. The number of benzene rings is 2. The highest BCUT2D eigenvalue weighted by Gasteiger charge is 2.44. The van der Waals surface area contributed by atoms with E-state index >= 15 is 0 Å². The second-order valence-electron chi connectivity index (χ2n) is 12.1. The van der Waals surface area contributed by atoms with E-state index in [1.165, 1.54) is 11.9 Å². The molecular weight excluding hydrogens is 534 g/mol. The fourth-order valence-corrected chi connectivity index (χ4v) is 5.50. The van der Waals surface area contributed by atoms with E-state index in [4.69, 9.17) is 4.74 Å². The molecule has 226 valence electrons. The molecule has 0 unspecified atom stereocenters. The highest BCUT2D eigenvalue weighted by atomic mass is 16.6. The van der Waals surface area contributed by atoms with Crippen LogP contribution in [0.1, 0.15) is 64.1 Å². The maximum atomic E-state index is 14.0. The zero-order valence-electron chi connectivity index (χ0n) is 25.1. The first kappa shape index (κ1) is 31.0. The average molecular weight is 578 g/mol. The van der Waals surface area contributed by atoms with Gasteiger partial charge in [0.25, 0.3) is 0 Å². The predicted octanol–water partition coefficient (Wildman–Crippen LogP) is 2.99. The minimum absolute atomic E-state index is 0.116. The van der Waals surface area contributed by atoms with E-state index in [2.05, 4.69) is 16.0 Å². The fourth-order valence-electron chi connectivity index (χ4n) is 5.50. The van der Waals surface area contributed by atoms with Crippen molar-refractivity contribution in [3.63, 3.8) is 0 Å². The fraction of sp³-hybridized carbons (Fsp3) is 0.500. The Hall–Kier alpha value is -3.92. The molecule has 0 aromatic heterocycles. The number of carbonyl (C=O) groups excluding carboxylic acids is 4. The summed E-state index contributed by atoms with van der Waals surface area (Å²) in [5.74, 6) is -1.00. The summed E-state index contributed by atoms with van der Waals surface area (Å²) < 4.78 is 5.39. The van der Waals surface area contributed by atoms with Gasteiger partial charge in [0.1, 0.15) is 23.7 Å². The van der Waals surface area contributed by atoms with Crippen LogP contribution < -0.4 is 16.0 Å². The van der Waals surface area contributed by atoms with Crippen molar-refractivity contribution in [2.24, 2.45) is 0 Å². The summed E-state index contributed by atoms with van der Waals surface area (Å²) >= 11 is 0. The van der Waals surface area contributed by atoms with Crippen molar-refractivity contribution >= 4 is 23.8 Å². The predicted molar refractivity (Wildman–Crippen MR) is 159 cm³/mol. The molecule has 4 atom stereocenters. The molecule has 10 nitrogen and oxygen atoms in total. The Morgan fingerprint density at radius 1 is 0.976 bits per heavy atom. The van der Waals surface area contributed by atoms with Crippen LogP contribution in [0.5, 0.6) is 0 Å². The van der Waals surface area contributed by atoms with Gasteiger partial charge < -0.3 is 25.6 Å². The molecule has 0 radical (unpaired) electrons. The third kappa shape index (κ3) is 7.47. The van der Waals surface area contributed by atoms with E-state index < -0.39 is 35.7 Å². The van der Waals surface area contributed by atoms with Crippen LogP contribution in [0.15, 0.2) is 60.7 Å². The number of amides is 4. The third-order valence-electron chi connectivity index (χ3n) is 7.87. The van der Waals surface area contributed by atoms with Crippen LogP contribution in [0.3, 0.4) is 0 Å². The largest absolute Gasteiger partial charge is 0.444 e. The zero-order chi connectivity index (χ0) is 30.4. The quantitative estimate of drug-likeness (QED) is 0.466. The molecule has 4 amide bonds. The van der Waals surface area contributed by atoms with Gasteiger partial charge >= 0.3 is 6.09 Å². The highest BCUT2D eigenvalue weighted by Crippen LogP contribution is 2.30. The second kappa shape index (κ2) is 13.4. The lowest BCUT2D eigenvalue weighted by Crippen LogP contribution is -2.61. The molecule has 2 aromatic carbocycles. The van der Waals surface area contributed by atoms with E-state index in [1.807, 2.05) is 60.7 Å². The van der Waals surface area contributed by atoms with E-state index in [-0.39, 0.29) is 30.4 Å². The normalized spacial score (nSPS) is 21.5. The molecule has 42 heavy (non-hydrogen) atoms. The van der Waals surface area contributed by atoms with Gasteiger partial charge in [-0.3, -0.25) is 19.3 Å². The third-order valence-corrected chi connectivity index (χ3v) is 7.87. The number of hydrogen-bond donors (Lipinski definition) is 3. The number of rotatable bonds is 7. The smallest absolute Gasteiger partial charge is 0.410 e. The van der Waals surface area contributed by atoms with Gasteiger partial charge in [0.05, 0.1) is 6.04 Å². The summed E-state index contributed by atoms with van der Waals surface area (Å²) in [6, 6.07) is 16.6. The number of nitrogens with zero attached hydrogens (tertiary/aromatic N) is 2. The molecule has 2 fully saturated rings. The highest BCUT2D eigenvalue weighted by molar-refractivity contribution is 5.94. The number of nitrogens with one attached hydrogen (secondary N) is 3. The molecule has 0 spiro atoms. The second-order valence-corrected chi connectivity index (χ2v) is 12.1. The minimum atomic E-state index is -0.887. The van der Waals surface area contributed by atoms with Crippen molar-refractivity contribution < 1.29 is 23.9 Å². The van der Waals surface area contributed by atoms with Crippen molar-refractivity contribution in [2.75, 3.05) is 20.1 Å². The van der Waals surface area contributed by atoms with Crippen molar-refractivity contribution in [2.45, 2.75) is 82.8 Å². The first-order valence-corrected chi connectivity index (χ1v) is 14.7. The summed E-state index contributed by atoms with van der Waals surface area (Å²) in [4.78, 5) is 56.4.